The summed E-state index contributed by atoms with van der Waals surface area (Å²) in [5.41, 5.74) is -0.465. The van der Waals surface area contributed by atoms with E-state index in [1.165, 1.54) is 0 Å². The van der Waals surface area contributed by atoms with Gasteiger partial charge in [0.25, 0.3) is 0 Å². The molecule has 112 valence electrons. The Kier molecular flexibility index (Phi) is 5.93. The van der Waals surface area contributed by atoms with Gasteiger partial charge in [-0.05, 0) is 37.5 Å². The maximum atomic E-state index is 11.9. The number of carboxylic acid groups (broad SMARTS) is 1. The van der Waals surface area contributed by atoms with Gasteiger partial charge in [0.05, 0.1) is 4.90 Å². The first-order valence-electron chi connectivity index (χ1n) is 6.05. The van der Waals surface area contributed by atoms with Crippen LogP contribution in [0.3, 0.4) is 0 Å². The normalized spacial score (nSPS) is 11.4. The first-order chi connectivity index (χ1) is 9.38. The van der Waals surface area contributed by atoms with Gasteiger partial charge in [0.15, 0.2) is 0 Å². The van der Waals surface area contributed by atoms with Crippen molar-refractivity contribution in [2.75, 3.05) is 13.2 Å². The second-order valence-corrected chi connectivity index (χ2v) is 5.93. The fraction of sp³-hybridized carbons (Fsp3) is 0.417. The lowest BCUT2D eigenvalue weighted by atomic mass is 10.2. The molecule has 0 fully saturated rings. The molecule has 0 unspecified atom stereocenters. The molecule has 0 aromatic heterocycles. The molecule has 8 heteroatoms. The second-order valence-electron chi connectivity index (χ2n) is 4.17. The van der Waals surface area contributed by atoms with Gasteiger partial charge in [-0.3, -0.25) is 0 Å². The highest BCUT2D eigenvalue weighted by molar-refractivity contribution is 7.89. The third kappa shape index (κ3) is 4.48. The molecule has 0 spiro atoms. The number of rotatable bonds is 8. The van der Waals surface area contributed by atoms with Crippen molar-refractivity contribution in [1.29, 1.82) is 0 Å². The van der Waals surface area contributed by atoms with Crippen LogP contribution in [0.4, 0.5) is 0 Å². The van der Waals surface area contributed by atoms with E-state index in [-0.39, 0.29) is 18.0 Å². The lowest BCUT2D eigenvalue weighted by Crippen LogP contribution is -2.25. The zero-order valence-electron chi connectivity index (χ0n) is 10.7. The Morgan fingerprint density at radius 1 is 1.20 bits per heavy atom. The molecule has 0 saturated carbocycles. The van der Waals surface area contributed by atoms with E-state index < -0.39 is 27.3 Å². The maximum Gasteiger partial charge on any atom is 0.339 e. The monoisotopic (exact) mass is 303 g/mol. The third-order valence-electron chi connectivity index (χ3n) is 2.64. The Morgan fingerprint density at radius 2 is 1.90 bits per heavy atom. The standard InChI is InChI=1S/C12H17NO6S/c14-7-3-1-2-6-13-20(18,19)9-4-5-11(15)10(8-9)12(16)17/h4-5,8,13-15H,1-3,6-7H2,(H,16,17). The number of nitrogens with one attached hydrogen (secondary N) is 1. The molecule has 0 aliphatic heterocycles. The number of aromatic carboxylic acids is 1. The summed E-state index contributed by atoms with van der Waals surface area (Å²) in [7, 11) is -3.81. The van der Waals surface area contributed by atoms with Crippen molar-refractivity contribution in [2.45, 2.75) is 24.2 Å². The number of carboxylic acids is 1. The Hall–Kier alpha value is -1.64. The number of unbranched alkanes of at least 4 members (excludes halogenated alkanes) is 2. The van der Waals surface area contributed by atoms with Gasteiger partial charge in [-0.15, -0.1) is 0 Å². The molecular formula is C12H17NO6S. The predicted molar refractivity (Wildman–Crippen MR) is 71.2 cm³/mol. The van der Waals surface area contributed by atoms with Crippen molar-refractivity contribution in [2.24, 2.45) is 0 Å². The van der Waals surface area contributed by atoms with Gasteiger partial charge in [0.1, 0.15) is 11.3 Å². The van der Waals surface area contributed by atoms with E-state index in [1.807, 2.05) is 0 Å². The molecule has 0 aliphatic rings. The van der Waals surface area contributed by atoms with E-state index in [4.69, 9.17) is 10.2 Å². The Bertz CT molecular complexity index is 569. The van der Waals surface area contributed by atoms with Gasteiger partial charge >= 0.3 is 5.97 Å². The smallest absolute Gasteiger partial charge is 0.339 e. The van der Waals surface area contributed by atoms with Gasteiger partial charge in [-0.2, -0.15) is 0 Å². The van der Waals surface area contributed by atoms with Gasteiger partial charge in [-0.1, -0.05) is 0 Å². The molecule has 0 bridgehead atoms. The number of aromatic hydroxyl groups is 1. The molecule has 0 saturated heterocycles. The number of sulfonamides is 1. The summed E-state index contributed by atoms with van der Waals surface area (Å²) < 4.78 is 26.2. The molecule has 20 heavy (non-hydrogen) atoms. The van der Waals surface area contributed by atoms with E-state index in [1.54, 1.807) is 0 Å². The van der Waals surface area contributed by atoms with Gasteiger partial charge in [0, 0.05) is 13.2 Å². The summed E-state index contributed by atoms with van der Waals surface area (Å²) in [5, 5.41) is 26.7. The van der Waals surface area contributed by atoms with Crippen molar-refractivity contribution in [1.82, 2.24) is 4.72 Å². The number of phenols is 1. The van der Waals surface area contributed by atoms with E-state index in [0.29, 0.717) is 19.3 Å². The van der Waals surface area contributed by atoms with Crippen molar-refractivity contribution < 1.29 is 28.5 Å². The highest BCUT2D eigenvalue weighted by Gasteiger charge is 2.18. The molecule has 1 aromatic carbocycles. The fourth-order valence-electron chi connectivity index (χ4n) is 1.56. The summed E-state index contributed by atoms with van der Waals surface area (Å²) in [4.78, 5) is 10.6. The molecule has 4 N–H and O–H groups in total. The minimum Gasteiger partial charge on any atom is -0.507 e. The number of benzene rings is 1. The topological polar surface area (TPSA) is 124 Å². The van der Waals surface area contributed by atoms with Crippen LogP contribution in [0.2, 0.25) is 0 Å². The maximum absolute atomic E-state index is 11.9. The van der Waals surface area contributed by atoms with Crippen molar-refractivity contribution in [3.8, 4) is 5.75 Å². The van der Waals surface area contributed by atoms with Crippen LogP contribution in [0.5, 0.6) is 5.75 Å². The van der Waals surface area contributed by atoms with Crippen LogP contribution < -0.4 is 4.72 Å². The van der Waals surface area contributed by atoms with Crippen LogP contribution in [-0.2, 0) is 10.0 Å². The molecule has 0 heterocycles. The van der Waals surface area contributed by atoms with E-state index >= 15 is 0 Å². The quantitative estimate of drug-likeness (QED) is 0.519. The molecule has 0 aliphatic carbocycles. The zero-order valence-corrected chi connectivity index (χ0v) is 11.6. The van der Waals surface area contributed by atoms with Crippen LogP contribution in [0.1, 0.15) is 29.6 Å². The van der Waals surface area contributed by atoms with E-state index in [9.17, 15) is 18.3 Å². The number of carbonyl (C=O) groups is 1. The lowest BCUT2D eigenvalue weighted by Gasteiger charge is -2.08. The predicted octanol–water partition coefficient (Wildman–Crippen LogP) is 0.531. The van der Waals surface area contributed by atoms with Gasteiger partial charge < -0.3 is 15.3 Å². The molecule has 1 aromatic rings. The van der Waals surface area contributed by atoms with E-state index in [0.717, 1.165) is 18.2 Å². The first kappa shape index (κ1) is 16.4. The Balaban J connectivity index is 2.77. The van der Waals surface area contributed by atoms with Crippen molar-refractivity contribution >= 4 is 16.0 Å². The van der Waals surface area contributed by atoms with Crippen LogP contribution in [0.25, 0.3) is 0 Å². The van der Waals surface area contributed by atoms with Crippen molar-refractivity contribution in [3.63, 3.8) is 0 Å². The lowest BCUT2D eigenvalue weighted by molar-refractivity contribution is 0.0693. The average molecular weight is 303 g/mol. The first-order valence-corrected chi connectivity index (χ1v) is 7.53. The summed E-state index contributed by atoms with van der Waals surface area (Å²) in [6.45, 7) is 0.262. The minimum absolute atomic E-state index is 0.0622. The van der Waals surface area contributed by atoms with Crippen LogP contribution in [0.15, 0.2) is 23.1 Å². The SMILES string of the molecule is O=C(O)c1cc(S(=O)(=O)NCCCCCO)ccc1O. The zero-order chi connectivity index (χ0) is 15.2. The van der Waals surface area contributed by atoms with E-state index in [2.05, 4.69) is 4.72 Å². The largest absolute Gasteiger partial charge is 0.507 e. The third-order valence-corrected chi connectivity index (χ3v) is 4.09. The Morgan fingerprint density at radius 3 is 2.50 bits per heavy atom. The molecule has 0 amide bonds. The number of aliphatic hydroxyl groups excluding tert-OH is 1. The molecular weight excluding hydrogens is 286 g/mol. The summed E-state index contributed by atoms with van der Waals surface area (Å²) in [6.07, 6.45) is 1.86. The summed E-state index contributed by atoms with van der Waals surface area (Å²) in [6, 6.07) is 3.08. The minimum atomic E-state index is -3.81. The number of hydrogen-bond donors (Lipinski definition) is 4. The summed E-state index contributed by atoms with van der Waals surface area (Å²) >= 11 is 0. The molecule has 0 radical (unpaired) electrons. The highest BCUT2D eigenvalue weighted by Crippen LogP contribution is 2.21. The highest BCUT2D eigenvalue weighted by atomic mass is 32.2. The van der Waals surface area contributed by atoms with Gasteiger partial charge in [0.2, 0.25) is 10.0 Å². The van der Waals surface area contributed by atoms with Crippen LogP contribution in [-0.4, -0.2) is 42.9 Å². The number of hydrogen-bond acceptors (Lipinski definition) is 5. The molecule has 0 atom stereocenters. The van der Waals surface area contributed by atoms with Crippen LogP contribution in [0, 0.1) is 0 Å². The Labute approximate surface area is 116 Å². The molecule has 1 rings (SSSR count). The summed E-state index contributed by atoms with van der Waals surface area (Å²) in [5.74, 6) is -1.89. The average Bonchev–Trinajstić information content (AvgIpc) is 2.38. The second kappa shape index (κ2) is 7.22. The number of aliphatic hydroxyl groups is 1. The molecule has 7 nitrogen and oxygen atoms in total. The van der Waals surface area contributed by atoms with Crippen molar-refractivity contribution in [3.05, 3.63) is 23.8 Å². The fourth-order valence-corrected chi connectivity index (χ4v) is 2.66. The van der Waals surface area contributed by atoms with Crippen LogP contribution >= 0.6 is 0 Å². The van der Waals surface area contributed by atoms with Gasteiger partial charge in [-0.25, -0.2) is 17.9 Å².